The van der Waals surface area contributed by atoms with Gasteiger partial charge >= 0.3 is 0 Å². The molecule has 0 heterocycles. The fourth-order valence-electron chi connectivity index (χ4n) is 2.04. The molecule has 0 atom stereocenters. The van der Waals surface area contributed by atoms with Crippen LogP contribution in [0.3, 0.4) is 0 Å². The van der Waals surface area contributed by atoms with Crippen LogP contribution >= 0.6 is 0 Å². The Morgan fingerprint density at radius 1 is 0.952 bits per heavy atom. The van der Waals surface area contributed by atoms with Gasteiger partial charge in [-0.1, -0.05) is 39.0 Å². The van der Waals surface area contributed by atoms with Crippen molar-refractivity contribution in [3.8, 4) is 17.2 Å². The third-order valence-corrected chi connectivity index (χ3v) is 3.27. The highest BCUT2D eigenvalue weighted by Crippen LogP contribution is 2.35. The second-order valence-corrected chi connectivity index (χ2v) is 5.98. The molecule has 112 valence electrons. The number of ether oxygens (including phenoxy) is 2. The van der Waals surface area contributed by atoms with Crippen molar-refractivity contribution in [3.05, 3.63) is 48.0 Å². The molecule has 0 radical (unpaired) electrons. The van der Waals surface area contributed by atoms with Crippen LogP contribution in [0.2, 0.25) is 0 Å². The Morgan fingerprint density at radius 3 is 2.14 bits per heavy atom. The SMILES string of the molecule is CCOc1cccc(Oc2ccc(C(C)(C)C)cc2)c1N. The first-order valence-electron chi connectivity index (χ1n) is 7.21. The van der Waals surface area contributed by atoms with Crippen molar-refractivity contribution in [2.75, 3.05) is 12.3 Å². The number of rotatable bonds is 4. The number of nitrogens with two attached hydrogens (primary N) is 1. The van der Waals surface area contributed by atoms with Crippen molar-refractivity contribution in [3.63, 3.8) is 0 Å². The normalized spacial score (nSPS) is 11.2. The zero-order chi connectivity index (χ0) is 15.5. The van der Waals surface area contributed by atoms with Crippen molar-refractivity contribution in [1.82, 2.24) is 0 Å². The summed E-state index contributed by atoms with van der Waals surface area (Å²) in [6, 6.07) is 13.7. The zero-order valence-electron chi connectivity index (χ0n) is 13.1. The Bertz CT molecular complexity index is 598. The summed E-state index contributed by atoms with van der Waals surface area (Å²) in [5, 5.41) is 0. The molecular formula is C18H23NO2. The van der Waals surface area contributed by atoms with Crippen LogP contribution in [0.4, 0.5) is 5.69 Å². The highest BCUT2D eigenvalue weighted by Gasteiger charge is 2.13. The van der Waals surface area contributed by atoms with E-state index in [4.69, 9.17) is 15.2 Å². The van der Waals surface area contributed by atoms with Gasteiger partial charge in [0, 0.05) is 0 Å². The summed E-state index contributed by atoms with van der Waals surface area (Å²) in [4.78, 5) is 0. The predicted molar refractivity (Wildman–Crippen MR) is 87.2 cm³/mol. The maximum Gasteiger partial charge on any atom is 0.154 e. The zero-order valence-corrected chi connectivity index (χ0v) is 13.1. The van der Waals surface area contributed by atoms with Gasteiger partial charge in [-0.15, -0.1) is 0 Å². The average Bonchev–Trinajstić information content (AvgIpc) is 2.43. The van der Waals surface area contributed by atoms with Crippen LogP contribution in [-0.2, 0) is 5.41 Å². The minimum absolute atomic E-state index is 0.131. The first-order chi connectivity index (χ1) is 9.91. The summed E-state index contributed by atoms with van der Waals surface area (Å²) in [7, 11) is 0. The first-order valence-corrected chi connectivity index (χ1v) is 7.21. The molecule has 3 heteroatoms. The topological polar surface area (TPSA) is 44.5 Å². The molecule has 0 bridgehead atoms. The van der Waals surface area contributed by atoms with E-state index in [9.17, 15) is 0 Å². The molecule has 0 unspecified atom stereocenters. The van der Waals surface area contributed by atoms with Gasteiger partial charge in [-0.3, -0.25) is 0 Å². The predicted octanol–water partition coefficient (Wildman–Crippen LogP) is 4.76. The van der Waals surface area contributed by atoms with Crippen LogP contribution in [0.15, 0.2) is 42.5 Å². The van der Waals surface area contributed by atoms with Crippen molar-refractivity contribution in [1.29, 1.82) is 0 Å². The molecule has 0 aliphatic carbocycles. The van der Waals surface area contributed by atoms with Crippen molar-refractivity contribution < 1.29 is 9.47 Å². The standard InChI is InChI=1S/C18H23NO2/c1-5-20-15-7-6-8-16(17(15)19)21-14-11-9-13(10-12-14)18(2,3)4/h6-12H,5,19H2,1-4H3. The number of benzene rings is 2. The summed E-state index contributed by atoms with van der Waals surface area (Å²) in [6.45, 7) is 9.07. The molecule has 2 rings (SSSR count). The molecule has 0 saturated heterocycles. The summed E-state index contributed by atoms with van der Waals surface area (Å²) >= 11 is 0. The Morgan fingerprint density at radius 2 is 1.57 bits per heavy atom. The van der Waals surface area contributed by atoms with Gasteiger partial charge in [0.15, 0.2) is 5.75 Å². The summed E-state index contributed by atoms with van der Waals surface area (Å²) in [5.41, 5.74) is 7.99. The Balaban J connectivity index is 2.20. The van der Waals surface area contributed by atoms with Crippen LogP contribution in [-0.4, -0.2) is 6.61 Å². The van der Waals surface area contributed by atoms with Gasteiger partial charge in [0.05, 0.1) is 6.61 Å². The van der Waals surface area contributed by atoms with Gasteiger partial charge in [-0.05, 0) is 42.2 Å². The number of hydrogen-bond donors (Lipinski definition) is 1. The van der Waals surface area contributed by atoms with Crippen LogP contribution in [0.5, 0.6) is 17.2 Å². The van der Waals surface area contributed by atoms with Gasteiger partial charge in [-0.25, -0.2) is 0 Å². The van der Waals surface area contributed by atoms with Crippen LogP contribution in [0.25, 0.3) is 0 Å². The maximum absolute atomic E-state index is 6.07. The number of hydrogen-bond acceptors (Lipinski definition) is 3. The molecule has 2 aromatic rings. The quantitative estimate of drug-likeness (QED) is 0.824. The Kier molecular flexibility index (Phi) is 4.41. The van der Waals surface area contributed by atoms with Crippen LogP contribution < -0.4 is 15.2 Å². The first kappa shape index (κ1) is 15.2. The van der Waals surface area contributed by atoms with Gasteiger partial charge in [0.1, 0.15) is 17.2 Å². The molecular weight excluding hydrogens is 262 g/mol. The fraction of sp³-hybridized carbons (Fsp3) is 0.333. The molecule has 2 aromatic carbocycles. The van der Waals surface area contributed by atoms with Gasteiger partial charge in [0.2, 0.25) is 0 Å². The van der Waals surface area contributed by atoms with E-state index in [-0.39, 0.29) is 5.41 Å². The molecule has 0 spiro atoms. The van der Waals surface area contributed by atoms with E-state index in [1.54, 1.807) is 0 Å². The van der Waals surface area contributed by atoms with E-state index in [1.165, 1.54) is 5.56 Å². The van der Waals surface area contributed by atoms with Crippen LogP contribution in [0.1, 0.15) is 33.3 Å². The highest BCUT2D eigenvalue weighted by molar-refractivity contribution is 5.63. The molecule has 3 nitrogen and oxygen atoms in total. The minimum atomic E-state index is 0.131. The molecule has 0 saturated carbocycles. The number of para-hydroxylation sites is 1. The van der Waals surface area contributed by atoms with E-state index in [0.29, 0.717) is 23.8 Å². The van der Waals surface area contributed by atoms with E-state index in [2.05, 4.69) is 32.9 Å². The third-order valence-electron chi connectivity index (χ3n) is 3.27. The third kappa shape index (κ3) is 3.69. The summed E-state index contributed by atoms with van der Waals surface area (Å²) < 4.78 is 11.3. The molecule has 0 aliphatic rings. The highest BCUT2D eigenvalue weighted by atomic mass is 16.5. The summed E-state index contributed by atoms with van der Waals surface area (Å²) in [6.07, 6.45) is 0. The monoisotopic (exact) mass is 285 g/mol. The van der Waals surface area contributed by atoms with Crippen LogP contribution in [0, 0.1) is 0 Å². The smallest absolute Gasteiger partial charge is 0.154 e. The van der Waals surface area contributed by atoms with Gasteiger partial charge < -0.3 is 15.2 Å². The van der Waals surface area contributed by atoms with Crippen molar-refractivity contribution in [2.45, 2.75) is 33.1 Å². The molecule has 0 amide bonds. The molecule has 0 aromatic heterocycles. The lowest BCUT2D eigenvalue weighted by Gasteiger charge is -2.19. The minimum Gasteiger partial charge on any atom is -0.492 e. The number of anilines is 1. The van der Waals surface area contributed by atoms with Gasteiger partial charge in [0.25, 0.3) is 0 Å². The second-order valence-electron chi connectivity index (χ2n) is 5.98. The largest absolute Gasteiger partial charge is 0.492 e. The van der Waals surface area contributed by atoms with Crippen molar-refractivity contribution in [2.24, 2.45) is 0 Å². The van der Waals surface area contributed by atoms with Gasteiger partial charge in [-0.2, -0.15) is 0 Å². The van der Waals surface area contributed by atoms with E-state index in [0.717, 1.165) is 5.75 Å². The molecule has 0 fully saturated rings. The Labute approximate surface area is 126 Å². The van der Waals surface area contributed by atoms with E-state index < -0.39 is 0 Å². The molecule has 21 heavy (non-hydrogen) atoms. The lowest BCUT2D eigenvalue weighted by molar-refractivity contribution is 0.340. The molecule has 2 N–H and O–H groups in total. The summed E-state index contributed by atoms with van der Waals surface area (Å²) in [5.74, 6) is 2.04. The average molecular weight is 285 g/mol. The van der Waals surface area contributed by atoms with E-state index in [1.807, 2.05) is 37.3 Å². The van der Waals surface area contributed by atoms with Crippen molar-refractivity contribution >= 4 is 5.69 Å². The number of nitrogen functional groups attached to an aromatic ring is 1. The lowest BCUT2D eigenvalue weighted by atomic mass is 9.87. The fourth-order valence-corrected chi connectivity index (χ4v) is 2.04. The lowest BCUT2D eigenvalue weighted by Crippen LogP contribution is -2.10. The maximum atomic E-state index is 6.07. The molecule has 0 aliphatic heterocycles. The Hall–Kier alpha value is -2.16. The van der Waals surface area contributed by atoms with E-state index >= 15 is 0 Å². The second kappa shape index (κ2) is 6.08.